The molecular formula is C14H19Cl3N2O. The topological polar surface area (TPSA) is 32.3 Å². The first-order valence-corrected chi connectivity index (χ1v) is 7.14. The zero-order chi connectivity index (χ0) is 14.0. The highest BCUT2D eigenvalue weighted by Crippen LogP contribution is 2.49. The second-order valence-corrected chi connectivity index (χ2v) is 5.89. The third-order valence-electron chi connectivity index (χ3n) is 3.49. The van der Waals surface area contributed by atoms with Crippen LogP contribution in [0.1, 0.15) is 17.9 Å². The lowest BCUT2D eigenvalue weighted by Crippen LogP contribution is -2.34. The van der Waals surface area contributed by atoms with Gasteiger partial charge >= 0.3 is 0 Å². The van der Waals surface area contributed by atoms with Crippen LogP contribution in [0.4, 0.5) is 0 Å². The second kappa shape index (κ2) is 7.51. The van der Waals surface area contributed by atoms with Crippen molar-refractivity contribution in [3.05, 3.63) is 33.8 Å². The van der Waals surface area contributed by atoms with E-state index >= 15 is 0 Å². The van der Waals surface area contributed by atoms with E-state index in [0.29, 0.717) is 10.0 Å². The van der Waals surface area contributed by atoms with E-state index in [9.17, 15) is 4.79 Å². The fourth-order valence-electron chi connectivity index (χ4n) is 2.30. The molecule has 1 aromatic rings. The monoisotopic (exact) mass is 336 g/mol. The Labute approximate surface area is 136 Å². The van der Waals surface area contributed by atoms with Gasteiger partial charge in [-0.3, -0.25) is 4.79 Å². The predicted molar refractivity (Wildman–Crippen MR) is 86.1 cm³/mol. The van der Waals surface area contributed by atoms with Crippen LogP contribution in [-0.2, 0) is 4.79 Å². The quantitative estimate of drug-likeness (QED) is 0.895. The first kappa shape index (κ1) is 17.6. The summed E-state index contributed by atoms with van der Waals surface area (Å²) in [5, 5.41) is 4.30. The molecule has 0 bridgehead atoms. The van der Waals surface area contributed by atoms with E-state index in [4.69, 9.17) is 23.2 Å². The van der Waals surface area contributed by atoms with E-state index in [0.717, 1.165) is 25.1 Å². The third-order valence-corrected chi connectivity index (χ3v) is 3.93. The number of rotatable bonds is 5. The highest BCUT2D eigenvalue weighted by molar-refractivity contribution is 6.34. The van der Waals surface area contributed by atoms with Crippen molar-refractivity contribution in [2.24, 2.45) is 5.92 Å². The molecule has 1 aromatic carbocycles. The molecule has 1 aliphatic carbocycles. The predicted octanol–water partition coefficient (Wildman–Crippen LogP) is 3.20. The maximum Gasteiger partial charge on any atom is 0.226 e. The second-order valence-electron chi connectivity index (χ2n) is 5.01. The van der Waals surface area contributed by atoms with Crippen LogP contribution in [0, 0.1) is 5.92 Å². The summed E-state index contributed by atoms with van der Waals surface area (Å²) in [6.07, 6.45) is 0.888. The maximum absolute atomic E-state index is 12.2. The Bertz CT molecular complexity index is 461. The number of halogens is 3. The zero-order valence-corrected chi connectivity index (χ0v) is 13.9. The third kappa shape index (κ3) is 4.26. The van der Waals surface area contributed by atoms with E-state index in [2.05, 4.69) is 5.32 Å². The van der Waals surface area contributed by atoms with Gasteiger partial charge in [0.1, 0.15) is 0 Å². The van der Waals surface area contributed by atoms with Gasteiger partial charge in [-0.2, -0.15) is 0 Å². The molecule has 3 nitrogen and oxygen atoms in total. The summed E-state index contributed by atoms with van der Waals surface area (Å²) in [6.45, 7) is 1.54. The van der Waals surface area contributed by atoms with E-state index < -0.39 is 0 Å². The average Bonchev–Trinajstić information content (AvgIpc) is 3.14. The summed E-state index contributed by atoms with van der Waals surface area (Å²) in [5.74, 6) is 0.550. The summed E-state index contributed by atoms with van der Waals surface area (Å²) >= 11 is 12.0. The van der Waals surface area contributed by atoms with Crippen LogP contribution in [0.25, 0.3) is 0 Å². The van der Waals surface area contributed by atoms with Crippen molar-refractivity contribution in [3.63, 3.8) is 0 Å². The van der Waals surface area contributed by atoms with Gasteiger partial charge in [-0.1, -0.05) is 23.2 Å². The summed E-state index contributed by atoms with van der Waals surface area (Å²) in [4.78, 5) is 14.0. The average molecular weight is 338 g/mol. The van der Waals surface area contributed by atoms with Gasteiger partial charge in [0.2, 0.25) is 5.91 Å². The maximum atomic E-state index is 12.2. The number of hydrogen-bond donors (Lipinski definition) is 1. The minimum atomic E-state index is 0. The Balaban J connectivity index is 0.00000200. The van der Waals surface area contributed by atoms with Gasteiger partial charge in [-0.05, 0) is 43.1 Å². The van der Waals surface area contributed by atoms with E-state index in [1.807, 2.05) is 26.2 Å². The number of nitrogens with zero attached hydrogens (tertiary/aromatic N) is 1. The Hall–Kier alpha value is -0.480. The normalized spacial score (nSPS) is 20.2. The van der Waals surface area contributed by atoms with Gasteiger partial charge in [0, 0.05) is 36.1 Å². The summed E-state index contributed by atoms with van der Waals surface area (Å²) in [7, 11) is 3.73. The zero-order valence-electron chi connectivity index (χ0n) is 11.5. The van der Waals surface area contributed by atoms with Crippen molar-refractivity contribution in [1.29, 1.82) is 0 Å². The standard InChI is InChI=1S/C14H18Cl2N2O.ClH/c1-17-3-4-18(2)14(19)13-8-12(13)9-5-10(15)7-11(16)6-9;/h5-7,12-13,17H,3-4,8H2,1-2H3;1H. The molecule has 2 atom stereocenters. The summed E-state index contributed by atoms with van der Waals surface area (Å²) in [6, 6.07) is 5.52. The lowest BCUT2D eigenvalue weighted by molar-refractivity contribution is -0.131. The molecule has 1 fully saturated rings. The van der Waals surface area contributed by atoms with Crippen LogP contribution in [0.15, 0.2) is 18.2 Å². The Kier molecular flexibility index (Phi) is 6.59. The first-order valence-electron chi connectivity index (χ1n) is 6.38. The molecule has 1 amide bonds. The van der Waals surface area contributed by atoms with Gasteiger partial charge in [-0.25, -0.2) is 0 Å². The lowest BCUT2D eigenvalue weighted by Gasteiger charge is -2.17. The van der Waals surface area contributed by atoms with Crippen molar-refractivity contribution in [3.8, 4) is 0 Å². The van der Waals surface area contributed by atoms with Crippen LogP contribution >= 0.6 is 35.6 Å². The molecule has 6 heteroatoms. The van der Waals surface area contributed by atoms with Crippen molar-refractivity contribution in [2.45, 2.75) is 12.3 Å². The van der Waals surface area contributed by atoms with E-state index in [-0.39, 0.29) is 30.2 Å². The van der Waals surface area contributed by atoms with Crippen molar-refractivity contribution >= 4 is 41.5 Å². The molecule has 2 rings (SSSR count). The SMILES string of the molecule is CNCCN(C)C(=O)C1CC1c1cc(Cl)cc(Cl)c1.Cl. The highest BCUT2D eigenvalue weighted by atomic mass is 35.5. The number of amides is 1. The summed E-state index contributed by atoms with van der Waals surface area (Å²) in [5.41, 5.74) is 1.07. The Morgan fingerprint density at radius 1 is 1.35 bits per heavy atom. The summed E-state index contributed by atoms with van der Waals surface area (Å²) < 4.78 is 0. The molecule has 1 saturated carbocycles. The molecule has 0 spiro atoms. The molecule has 1 N–H and O–H groups in total. The van der Waals surface area contributed by atoms with E-state index in [1.165, 1.54) is 0 Å². The van der Waals surface area contributed by atoms with Crippen molar-refractivity contribution in [2.75, 3.05) is 27.2 Å². The number of carbonyl (C=O) groups excluding carboxylic acids is 1. The van der Waals surface area contributed by atoms with Gasteiger partial charge < -0.3 is 10.2 Å². The van der Waals surface area contributed by atoms with Crippen molar-refractivity contribution < 1.29 is 4.79 Å². The fourth-order valence-corrected chi connectivity index (χ4v) is 2.84. The van der Waals surface area contributed by atoms with Crippen LogP contribution in [0.3, 0.4) is 0 Å². The highest BCUT2D eigenvalue weighted by Gasteiger charge is 2.45. The number of benzene rings is 1. The molecule has 0 aromatic heterocycles. The Morgan fingerprint density at radius 3 is 2.50 bits per heavy atom. The minimum absolute atomic E-state index is 0. The molecule has 1 aliphatic rings. The molecule has 112 valence electrons. The number of likely N-dealkylation sites (N-methyl/N-ethyl adjacent to an activating group) is 2. The molecule has 0 aliphatic heterocycles. The molecule has 0 heterocycles. The lowest BCUT2D eigenvalue weighted by atomic mass is 10.1. The smallest absolute Gasteiger partial charge is 0.226 e. The molecule has 0 radical (unpaired) electrons. The van der Waals surface area contributed by atoms with Crippen molar-refractivity contribution in [1.82, 2.24) is 10.2 Å². The first-order chi connectivity index (χ1) is 9.02. The number of nitrogens with one attached hydrogen (secondary N) is 1. The van der Waals surface area contributed by atoms with Crippen LogP contribution in [0.5, 0.6) is 0 Å². The van der Waals surface area contributed by atoms with Gasteiger partial charge in [-0.15, -0.1) is 12.4 Å². The van der Waals surface area contributed by atoms with Crippen LogP contribution in [0.2, 0.25) is 10.0 Å². The van der Waals surface area contributed by atoms with E-state index in [1.54, 1.807) is 11.0 Å². The molecule has 2 unspecified atom stereocenters. The van der Waals surface area contributed by atoms with Crippen LogP contribution < -0.4 is 5.32 Å². The van der Waals surface area contributed by atoms with Crippen LogP contribution in [-0.4, -0.2) is 38.0 Å². The largest absolute Gasteiger partial charge is 0.344 e. The molecule has 20 heavy (non-hydrogen) atoms. The molecular weight excluding hydrogens is 319 g/mol. The minimum Gasteiger partial charge on any atom is -0.344 e. The van der Waals surface area contributed by atoms with Gasteiger partial charge in [0.05, 0.1) is 0 Å². The van der Waals surface area contributed by atoms with Gasteiger partial charge in [0.15, 0.2) is 0 Å². The van der Waals surface area contributed by atoms with Gasteiger partial charge in [0.25, 0.3) is 0 Å². The Morgan fingerprint density at radius 2 is 1.95 bits per heavy atom. The fraction of sp³-hybridized carbons (Fsp3) is 0.500. The number of carbonyl (C=O) groups is 1. The molecule has 0 saturated heterocycles. The number of hydrogen-bond acceptors (Lipinski definition) is 2.